The van der Waals surface area contributed by atoms with Gasteiger partial charge in [0.1, 0.15) is 11.5 Å². The topological polar surface area (TPSA) is 76.7 Å². The van der Waals surface area contributed by atoms with E-state index in [1.165, 1.54) is 6.08 Å². The summed E-state index contributed by atoms with van der Waals surface area (Å²) in [6, 6.07) is 20.6. The molecule has 6 heteroatoms. The van der Waals surface area contributed by atoms with Gasteiger partial charge in [0.05, 0.1) is 7.11 Å². The van der Waals surface area contributed by atoms with E-state index in [1.807, 2.05) is 42.5 Å². The van der Waals surface area contributed by atoms with Crippen molar-refractivity contribution in [3.63, 3.8) is 0 Å². The van der Waals surface area contributed by atoms with Crippen LogP contribution in [0.1, 0.15) is 5.56 Å². The third-order valence-corrected chi connectivity index (χ3v) is 3.99. The molecular weight excluding hydrogens is 356 g/mol. The first kappa shape index (κ1) is 19.0. The van der Waals surface area contributed by atoms with E-state index in [9.17, 15) is 9.59 Å². The number of nitrogens with one attached hydrogen (secondary N) is 2. The molecule has 0 fully saturated rings. The first-order chi connectivity index (χ1) is 13.7. The van der Waals surface area contributed by atoms with Crippen LogP contribution in [0.4, 0.5) is 0 Å². The normalized spacial score (nSPS) is 10.6. The molecule has 0 spiro atoms. The molecule has 0 unspecified atom stereocenters. The van der Waals surface area contributed by atoms with E-state index in [0.717, 1.165) is 16.3 Å². The van der Waals surface area contributed by atoms with Gasteiger partial charge in [-0.25, -0.2) is 0 Å². The molecule has 0 heterocycles. The van der Waals surface area contributed by atoms with Gasteiger partial charge in [0.15, 0.2) is 6.61 Å². The summed E-state index contributed by atoms with van der Waals surface area (Å²) in [5.74, 6) is 0.314. The summed E-state index contributed by atoms with van der Waals surface area (Å²) in [5.41, 5.74) is 5.56. The highest BCUT2D eigenvalue weighted by atomic mass is 16.5. The number of rotatable bonds is 6. The van der Waals surface area contributed by atoms with Crippen molar-refractivity contribution in [1.82, 2.24) is 10.9 Å². The zero-order chi connectivity index (χ0) is 19.8. The Labute approximate surface area is 162 Å². The molecule has 2 N–H and O–H groups in total. The molecule has 0 aliphatic rings. The lowest BCUT2D eigenvalue weighted by Crippen LogP contribution is -2.43. The van der Waals surface area contributed by atoms with Gasteiger partial charge in [0, 0.05) is 6.08 Å². The van der Waals surface area contributed by atoms with Crippen LogP contribution in [0.2, 0.25) is 0 Å². The summed E-state index contributed by atoms with van der Waals surface area (Å²) in [5, 5.41) is 2.14. The third-order valence-electron chi connectivity index (χ3n) is 3.99. The van der Waals surface area contributed by atoms with Crippen molar-refractivity contribution in [1.29, 1.82) is 0 Å². The maximum atomic E-state index is 11.9. The van der Waals surface area contributed by atoms with Crippen molar-refractivity contribution in [3.8, 4) is 11.5 Å². The number of benzene rings is 3. The van der Waals surface area contributed by atoms with Crippen LogP contribution in [0.5, 0.6) is 11.5 Å². The summed E-state index contributed by atoms with van der Waals surface area (Å²) in [4.78, 5) is 23.7. The second kappa shape index (κ2) is 9.23. The minimum atomic E-state index is -0.470. The predicted octanol–water partition coefficient (Wildman–Crippen LogP) is 3.09. The fraction of sp³-hybridized carbons (Fsp3) is 0.0909. The monoisotopic (exact) mass is 376 g/mol. The summed E-state index contributed by atoms with van der Waals surface area (Å²) in [6.45, 7) is -0.223. The quantitative estimate of drug-likeness (QED) is 0.512. The van der Waals surface area contributed by atoms with Crippen molar-refractivity contribution < 1.29 is 19.1 Å². The molecule has 6 nitrogen and oxygen atoms in total. The zero-order valence-electron chi connectivity index (χ0n) is 15.3. The zero-order valence-corrected chi connectivity index (χ0v) is 15.3. The smallest absolute Gasteiger partial charge is 0.276 e. The molecule has 3 aromatic rings. The van der Waals surface area contributed by atoms with Gasteiger partial charge in [-0.15, -0.1) is 0 Å². The van der Waals surface area contributed by atoms with Crippen LogP contribution >= 0.6 is 0 Å². The lowest BCUT2D eigenvalue weighted by molar-refractivity contribution is -0.128. The molecule has 3 aromatic carbocycles. The molecule has 0 aromatic heterocycles. The van der Waals surface area contributed by atoms with Crippen LogP contribution in [0.3, 0.4) is 0 Å². The number of carbonyl (C=O) groups excluding carboxylic acids is 2. The van der Waals surface area contributed by atoms with Gasteiger partial charge >= 0.3 is 0 Å². The maximum Gasteiger partial charge on any atom is 0.276 e. The summed E-state index contributed by atoms with van der Waals surface area (Å²) in [6.07, 6.45) is 3.07. The molecule has 142 valence electrons. The van der Waals surface area contributed by atoms with Gasteiger partial charge in [-0.1, -0.05) is 42.5 Å². The van der Waals surface area contributed by atoms with Gasteiger partial charge in [-0.05, 0) is 46.7 Å². The second-order valence-corrected chi connectivity index (χ2v) is 5.90. The highest BCUT2D eigenvalue weighted by Crippen LogP contribution is 2.19. The average Bonchev–Trinajstić information content (AvgIpc) is 2.75. The lowest BCUT2D eigenvalue weighted by Gasteiger charge is -2.08. The Kier molecular flexibility index (Phi) is 6.25. The molecule has 2 amide bonds. The number of fused-ring (bicyclic) bond motifs is 1. The van der Waals surface area contributed by atoms with E-state index in [2.05, 4.69) is 10.9 Å². The van der Waals surface area contributed by atoms with Crippen LogP contribution in [-0.4, -0.2) is 25.5 Å². The fourth-order valence-electron chi connectivity index (χ4n) is 2.59. The van der Waals surface area contributed by atoms with Gasteiger partial charge < -0.3 is 9.47 Å². The van der Waals surface area contributed by atoms with Gasteiger partial charge in [-0.3, -0.25) is 20.4 Å². The van der Waals surface area contributed by atoms with Gasteiger partial charge in [-0.2, -0.15) is 0 Å². The standard InChI is InChI=1S/C22H20N2O4/c1-27-18-10-12-19(13-11-18)28-15-22(26)24-23-21(25)14-9-17-7-4-6-16-5-2-3-8-20(16)17/h2-14H,15H2,1H3,(H,23,25)(H,24,26)/b14-9+. The molecule has 0 radical (unpaired) electrons. The van der Waals surface area contributed by atoms with Crippen LogP contribution in [0.25, 0.3) is 16.8 Å². The lowest BCUT2D eigenvalue weighted by atomic mass is 10.0. The highest BCUT2D eigenvalue weighted by molar-refractivity contribution is 5.97. The number of ether oxygens (including phenoxy) is 2. The number of hydrazine groups is 1. The van der Waals surface area contributed by atoms with Crippen LogP contribution in [0, 0.1) is 0 Å². The number of amides is 2. The first-order valence-electron chi connectivity index (χ1n) is 8.67. The summed E-state index contributed by atoms with van der Waals surface area (Å²) in [7, 11) is 1.57. The van der Waals surface area contributed by atoms with E-state index >= 15 is 0 Å². The van der Waals surface area contributed by atoms with E-state index in [1.54, 1.807) is 37.5 Å². The average molecular weight is 376 g/mol. The number of hydrogen-bond donors (Lipinski definition) is 2. The summed E-state index contributed by atoms with van der Waals surface area (Å²) < 4.78 is 10.4. The Bertz CT molecular complexity index is 992. The van der Waals surface area contributed by atoms with Gasteiger partial charge in [0.25, 0.3) is 11.8 Å². The van der Waals surface area contributed by atoms with Crippen molar-refractivity contribution in [2.24, 2.45) is 0 Å². The molecule has 0 saturated heterocycles. The Balaban J connectivity index is 1.48. The van der Waals surface area contributed by atoms with Gasteiger partial charge in [0.2, 0.25) is 0 Å². The van der Waals surface area contributed by atoms with Crippen LogP contribution in [-0.2, 0) is 9.59 Å². The van der Waals surface area contributed by atoms with Crippen molar-refractivity contribution in [2.45, 2.75) is 0 Å². The highest BCUT2D eigenvalue weighted by Gasteiger charge is 2.04. The number of methoxy groups -OCH3 is 1. The predicted molar refractivity (Wildman–Crippen MR) is 108 cm³/mol. The SMILES string of the molecule is COc1ccc(OCC(=O)NNC(=O)/C=C/c2cccc3ccccc23)cc1. The molecule has 0 aliphatic carbocycles. The minimum absolute atomic E-state index is 0.223. The summed E-state index contributed by atoms with van der Waals surface area (Å²) >= 11 is 0. The van der Waals surface area contributed by atoms with E-state index in [-0.39, 0.29) is 6.61 Å². The Morgan fingerprint density at radius 1 is 0.893 bits per heavy atom. The third kappa shape index (κ3) is 5.11. The van der Waals surface area contributed by atoms with Crippen molar-refractivity contribution >= 4 is 28.7 Å². The molecule has 0 aliphatic heterocycles. The molecule has 0 atom stereocenters. The largest absolute Gasteiger partial charge is 0.497 e. The van der Waals surface area contributed by atoms with E-state index < -0.39 is 11.8 Å². The molecule has 0 bridgehead atoms. The van der Waals surface area contributed by atoms with Crippen molar-refractivity contribution in [2.75, 3.05) is 13.7 Å². The number of hydrogen-bond acceptors (Lipinski definition) is 4. The Hall–Kier alpha value is -3.80. The molecule has 3 rings (SSSR count). The second-order valence-electron chi connectivity index (χ2n) is 5.90. The molecule has 0 saturated carbocycles. The fourth-order valence-corrected chi connectivity index (χ4v) is 2.59. The first-order valence-corrected chi connectivity index (χ1v) is 8.67. The van der Waals surface area contributed by atoms with Crippen LogP contribution in [0.15, 0.2) is 72.8 Å². The van der Waals surface area contributed by atoms with Crippen molar-refractivity contribution in [3.05, 3.63) is 78.4 Å². The molecular formula is C22H20N2O4. The maximum absolute atomic E-state index is 11.9. The molecule has 28 heavy (non-hydrogen) atoms. The Morgan fingerprint density at radius 2 is 1.61 bits per heavy atom. The van der Waals surface area contributed by atoms with E-state index in [4.69, 9.17) is 9.47 Å². The van der Waals surface area contributed by atoms with E-state index in [0.29, 0.717) is 11.5 Å². The van der Waals surface area contributed by atoms with Crippen LogP contribution < -0.4 is 20.3 Å². The number of carbonyl (C=O) groups is 2. The Morgan fingerprint density at radius 3 is 2.39 bits per heavy atom. The minimum Gasteiger partial charge on any atom is -0.497 e.